The molecule has 0 saturated carbocycles. The quantitative estimate of drug-likeness (QED) is 0.864. The van der Waals surface area contributed by atoms with Crippen LogP contribution < -0.4 is 5.32 Å². The zero-order valence-corrected chi connectivity index (χ0v) is 10.7. The molecular weight excluding hydrogens is 270 g/mol. The van der Waals surface area contributed by atoms with Crippen molar-refractivity contribution in [1.29, 1.82) is 0 Å². The minimum Gasteiger partial charge on any atom is -0.378 e. The van der Waals surface area contributed by atoms with Gasteiger partial charge in [0.05, 0.1) is 6.10 Å². The van der Waals surface area contributed by atoms with Gasteiger partial charge in [-0.2, -0.15) is 0 Å². The van der Waals surface area contributed by atoms with Gasteiger partial charge in [-0.1, -0.05) is 0 Å². The Kier molecular flexibility index (Phi) is 4.54. The molecule has 0 amide bonds. The van der Waals surface area contributed by atoms with Crippen LogP contribution in [0.4, 0.5) is 5.82 Å². The topological polar surface area (TPSA) is 47.0 Å². The van der Waals surface area contributed by atoms with Gasteiger partial charge < -0.3 is 10.1 Å². The van der Waals surface area contributed by atoms with Gasteiger partial charge in [0.15, 0.2) is 0 Å². The monoisotopic (exact) mass is 285 g/mol. The molecule has 88 valence electrons. The van der Waals surface area contributed by atoms with E-state index in [1.807, 2.05) is 6.07 Å². The maximum absolute atomic E-state index is 5.66. The molecule has 1 saturated heterocycles. The summed E-state index contributed by atoms with van der Waals surface area (Å²) in [6.07, 6.45) is 6.71. The third kappa shape index (κ3) is 3.72. The summed E-state index contributed by atoms with van der Waals surface area (Å²) in [5.74, 6) is 0.859. The second-order valence-electron chi connectivity index (χ2n) is 3.93. The van der Waals surface area contributed by atoms with Gasteiger partial charge in [0, 0.05) is 19.2 Å². The summed E-state index contributed by atoms with van der Waals surface area (Å²) in [6.45, 7) is 1.82. The first-order valence-corrected chi connectivity index (χ1v) is 6.47. The normalized spacial score (nSPS) is 20.7. The molecule has 1 aliphatic heterocycles. The summed E-state index contributed by atoms with van der Waals surface area (Å²) in [5.41, 5.74) is 0. The highest BCUT2D eigenvalue weighted by Gasteiger charge is 2.12. The number of ether oxygens (including phenoxy) is 1. The lowest BCUT2D eigenvalue weighted by Crippen LogP contribution is -2.22. The van der Waals surface area contributed by atoms with Gasteiger partial charge >= 0.3 is 0 Å². The molecule has 4 nitrogen and oxygen atoms in total. The zero-order valence-electron chi connectivity index (χ0n) is 9.16. The van der Waals surface area contributed by atoms with Crippen molar-refractivity contribution in [3.8, 4) is 0 Å². The predicted molar refractivity (Wildman–Crippen MR) is 66.4 cm³/mol. The Morgan fingerprint density at radius 1 is 1.44 bits per heavy atom. The van der Waals surface area contributed by atoms with Gasteiger partial charge in [-0.05, 0) is 41.6 Å². The van der Waals surface area contributed by atoms with E-state index in [-0.39, 0.29) is 0 Å². The van der Waals surface area contributed by atoms with Crippen molar-refractivity contribution in [3.05, 3.63) is 17.0 Å². The fourth-order valence-electron chi connectivity index (χ4n) is 1.83. The lowest BCUT2D eigenvalue weighted by molar-refractivity contribution is 0.0134. The standard InChI is InChI=1S/C11H16BrN3O/c12-10-7-11(15-8-14-10)13-5-4-9-3-1-2-6-16-9/h7-9H,1-6H2,(H,13,14,15). The van der Waals surface area contributed by atoms with Crippen LogP contribution in [-0.2, 0) is 4.74 Å². The molecule has 5 heteroatoms. The number of rotatable bonds is 4. The molecule has 2 rings (SSSR count). The third-order valence-corrected chi connectivity index (χ3v) is 3.11. The first kappa shape index (κ1) is 11.8. The van der Waals surface area contributed by atoms with E-state index in [4.69, 9.17) is 4.74 Å². The molecule has 16 heavy (non-hydrogen) atoms. The molecule has 1 aliphatic rings. The van der Waals surface area contributed by atoms with Crippen LogP contribution in [0.5, 0.6) is 0 Å². The Bertz CT molecular complexity index is 329. The first-order valence-electron chi connectivity index (χ1n) is 5.67. The lowest BCUT2D eigenvalue weighted by Gasteiger charge is -2.22. The van der Waals surface area contributed by atoms with Gasteiger partial charge in [-0.15, -0.1) is 0 Å². The van der Waals surface area contributed by atoms with E-state index in [0.717, 1.165) is 30.0 Å². The number of hydrogen-bond acceptors (Lipinski definition) is 4. The number of nitrogens with zero attached hydrogens (tertiary/aromatic N) is 2. The van der Waals surface area contributed by atoms with Crippen molar-refractivity contribution in [3.63, 3.8) is 0 Å². The first-order chi connectivity index (χ1) is 7.84. The smallest absolute Gasteiger partial charge is 0.130 e. The molecule has 1 aromatic heterocycles. The van der Waals surface area contributed by atoms with Crippen molar-refractivity contribution in [2.45, 2.75) is 31.8 Å². The van der Waals surface area contributed by atoms with Crippen LogP contribution in [0.2, 0.25) is 0 Å². The molecule has 0 aromatic carbocycles. The third-order valence-electron chi connectivity index (χ3n) is 2.68. The molecule has 1 aromatic rings. The summed E-state index contributed by atoms with van der Waals surface area (Å²) in [7, 11) is 0. The summed E-state index contributed by atoms with van der Waals surface area (Å²) in [6, 6.07) is 1.88. The second-order valence-corrected chi connectivity index (χ2v) is 4.74. The van der Waals surface area contributed by atoms with E-state index in [1.54, 1.807) is 6.33 Å². The second kappa shape index (κ2) is 6.15. The molecule has 0 spiro atoms. The van der Waals surface area contributed by atoms with Crippen molar-refractivity contribution in [2.24, 2.45) is 0 Å². The maximum atomic E-state index is 5.66. The van der Waals surface area contributed by atoms with Gasteiger partial charge in [0.1, 0.15) is 16.7 Å². The number of hydrogen-bond donors (Lipinski definition) is 1. The minimum absolute atomic E-state index is 0.423. The van der Waals surface area contributed by atoms with Crippen LogP contribution in [0.15, 0.2) is 17.0 Å². The highest BCUT2D eigenvalue weighted by Crippen LogP contribution is 2.16. The van der Waals surface area contributed by atoms with E-state index >= 15 is 0 Å². The summed E-state index contributed by atoms with van der Waals surface area (Å²) in [4.78, 5) is 8.11. The van der Waals surface area contributed by atoms with Gasteiger partial charge in [-0.3, -0.25) is 0 Å². The van der Waals surface area contributed by atoms with Crippen LogP contribution in [0.25, 0.3) is 0 Å². The molecule has 1 fully saturated rings. The molecule has 0 aliphatic carbocycles. The Morgan fingerprint density at radius 2 is 2.38 bits per heavy atom. The summed E-state index contributed by atoms with van der Waals surface area (Å²) >= 11 is 3.31. The fourth-order valence-corrected chi connectivity index (χ4v) is 2.13. The minimum atomic E-state index is 0.423. The Morgan fingerprint density at radius 3 is 3.12 bits per heavy atom. The number of anilines is 1. The summed E-state index contributed by atoms with van der Waals surface area (Å²) in [5, 5.41) is 3.27. The van der Waals surface area contributed by atoms with E-state index < -0.39 is 0 Å². The van der Waals surface area contributed by atoms with E-state index in [0.29, 0.717) is 6.10 Å². The van der Waals surface area contributed by atoms with Crippen LogP contribution in [0.1, 0.15) is 25.7 Å². The average Bonchev–Trinajstić information content (AvgIpc) is 2.30. The predicted octanol–water partition coefficient (Wildman–Crippen LogP) is 2.61. The number of halogens is 1. The van der Waals surface area contributed by atoms with E-state index in [9.17, 15) is 0 Å². The number of aromatic nitrogens is 2. The zero-order chi connectivity index (χ0) is 11.2. The fraction of sp³-hybridized carbons (Fsp3) is 0.636. The van der Waals surface area contributed by atoms with Crippen LogP contribution >= 0.6 is 15.9 Å². The molecule has 2 heterocycles. The molecule has 1 N–H and O–H groups in total. The SMILES string of the molecule is Brc1cc(NCCC2CCCCO2)ncn1. The number of nitrogens with one attached hydrogen (secondary N) is 1. The molecule has 1 unspecified atom stereocenters. The van der Waals surface area contributed by atoms with Crippen molar-refractivity contribution < 1.29 is 4.74 Å². The molecule has 0 bridgehead atoms. The summed E-state index contributed by atoms with van der Waals surface area (Å²) < 4.78 is 6.46. The Labute approximate surface area is 104 Å². The van der Waals surface area contributed by atoms with E-state index in [2.05, 4.69) is 31.2 Å². The highest BCUT2D eigenvalue weighted by molar-refractivity contribution is 9.10. The van der Waals surface area contributed by atoms with Crippen molar-refractivity contribution >= 4 is 21.7 Å². The lowest BCUT2D eigenvalue weighted by atomic mass is 10.1. The van der Waals surface area contributed by atoms with Gasteiger partial charge in [-0.25, -0.2) is 9.97 Å². The maximum Gasteiger partial charge on any atom is 0.130 e. The van der Waals surface area contributed by atoms with Crippen LogP contribution in [0.3, 0.4) is 0 Å². The average molecular weight is 286 g/mol. The van der Waals surface area contributed by atoms with E-state index in [1.165, 1.54) is 19.3 Å². The Hall–Kier alpha value is -0.680. The molecule has 1 atom stereocenters. The van der Waals surface area contributed by atoms with Crippen molar-refractivity contribution in [1.82, 2.24) is 9.97 Å². The molecular formula is C11H16BrN3O. The van der Waals surface area contributed by atoms with Crippen LogP contribution in [-0.4, -0.2) is 29.2 Å². The van der Waals surface area contributed by atoms with Crippen LogP contribution in [0, 0.1) is 0 Å². The Balaban J connectivity index is 1.71. The molecule has 0 radical (unpaired) electrons. The van der Waals surface area contributed by atoms with Gasteiger partial charge in [0.2, 0.25) is 0 Å². The van der Waals surface area contributed by atoms with Crippen molar-refractivity contribution in [2.75, 3.05) is 18.5 Å². The highest BCUT2D eigenvalue weighted by atomic mass is 79.9. The largest absolute Gasteiger partial charge is 0.378 e. The van der Waals surface area contributed by atoms with Gasteiger partial charge in [0.25, 0.3) is 0 Å².